The minimum atomic E-state index is -1.11. The second kappa shape index (κ2) is 11.6. The van der Waals surface area contributed by atoms with Crippen LogP contribution in [0, 0.1) is 29.1 Å². The van der Waals surface area contributed by atoms with E-state index in [0.717, 1.165) is 16.7 Å². The second-order valence-electron chi connectivity index (χ2n) is 12.9. The van der Waals surface area contributed by atoms with E-state index in [1.165, 1.54) is 9.80 Å². The van der Waals surface area contributed by atoms with Gasteiger partial charge in [0.2, 0.25) is 23.6 Å². The average molecular weight is 621 g/mol. The minimum Gasteiger partial charge on any atom is -0.508 e. The summed E-state index contributed by atoms with van der Waals surface area (Å²) in [5.41, 5.74) is 2.07. The molecule has 2 N–H and O–H groups in total. The molecule has 3 aromatic carbocycles. The molecule has 3 aromatic rings. The van der Waals surface area contributed by atoms with E-state index < -0.39 is 29.1 Å². The van der Waals surface area contributed by atoms with Gasteiger partial charge in [0.05, 0.1) is 35.5 Å². The SMILES string of the molecule is CC12C(=O)N(c3ccccc3)C(=O)C1CC1C(=CCC3C(=O)N(CCc4ccc(O)cc4)C(=O)C31)C2c1ccc(OCCO)cc1. The van der Waals surface area contributed by atoms with Crippen LogP contribution in [0.25, 0.3) is 0 Å². The summed E-state index contributed by atoms with van der Waals surface area (Å²) in [6.45, 7) is 2.14. The van der Waals surface area contributed by atoms with Gasteiger partial charge in [-0.2, -0.15) is 0 Å². The van der Waals surface area contributed by atoms with E-state index in [1.807, 2.05) is 31.2 Å². The Morgan fingerprint density at radius 2 is 1.59 bits per heavy atom. The molecule has 2 saturated heterocycles. The van der Waals surface area contributed by atoms with Gasteiger partial charge >= 0.3 is 0 Å². The molecule has 236 valence electrons. The van der Waals surface area contributed by atoms with E-state index in [4.69, 9.17) is 4.74 Å². The maximum Gasteiger partial charge on any atom is 0.241 e. The summed E-state index contributed by atoms with van der Waals surface area (Å²) < 4.78 is 5.59. The molecule has 0 aromatic heterocycles. The largest absolute Gasteiger partial charge is 0.508 e. The van der Waals surface area contributed by atoms with Gasteiger partial charge in [0.1, 0.15) is 18.1 Å². The van der Waals surface area contributed by atoms with E-state index in [0.29, 0.717) is 30.7 Å². The number of hydrogen-bond acceptors (Lipinski definition) is 7. The number of aromatic hydroxyl groups is 1. The summed E-state index contributed by atoms with van der Waals surface area (Å²) in [6.07, 6.45) is 3.20. The van der Waals surface area contributed by atoms with Crippen LogP contribution in [0.4, 0.5) is 5.69 Å². The zero-order valence-electron chi connectivity index (χ0n) is 25.5. The highest BCUT2D eigenvalue weighted by molar-refractivity contribution is 6.24. The number of fused-ring (bicyclic) bond motifs is 4. The summed E-state index contributed by atoms with van der Waals surface area (Å²) in [7, 11) is 0. The summed E-state index contributed by atoms with van der Waals surface area (Å²) in [5.74, 6) is -2.95. The topological polar surface area (TPSA) is 124 Å². The Morgan fingerprint density at radius 3 is 2.28 bits per heavy atom. The predicted octanol–water partition coefficient (Wildman–Crippen LogP) is 4.24. The molecule has 7 rings (SSSR count). The Balaban J connectivity index is 1.26. The Morgan fingerprint density at radius 1 is 0.870 bits per heavy atom. The van der Waals surface area contributed by atoms with Crippen molar-refractivity contribution in [3.05, 3.63) is 102 Å². The molecule has 2 aliphatic carbocycles. The molecule has 6 unspecified atom stereocenters. The maximum atomic E-state index is 14.5. The van der Waals surface area contributed by atoms with E-state index in [1.54, 1.807) is 60.7 Å². The molecule has 2 aliphatic heterocycles. The smallest absolute Gasteiger partial charge is 0.241 e. The Labute approximate surface area is 267 Å². The molecule has 0 radical (unpaired) electrons. The number of carbonyl (C=O) groups excluding carboxylic acids is 4. The van der Waals surface area contributed by atoms with Crippen molar-refractivity contribution < 1.29 is 34.1 Å². The third kappa shape index (κ3) is 4.64. The third-order valence-electron chi connectivity index (χ3n) is 10.5. The fourth-order valence-electron chi connectivity index (χ4n) is 8.33. The molecular formula is C37H36N2O7. The van der Waals surface area contributed by atoms with Gasteiger partial charge in [-0.1, -0.05) is 54.1 Å². The quantitative estimate of drug-likeness (QED) is 0.285. The number of rotatable bonds is 8. The van der Waals surface area contributed by atoms with Gasteiger partial charge in [-0.05, 0) is 79.6 Å². The normalized spacial score (nSPS) is 28.6. The minimum absolute atomic E-state index is 0.119. The molecule has 9 heteroatoms. The molecule has 46 heavy (non-hydrogen) atoms. The number of phenolic OH excluding ortho intramolecular Hbond substituents is 1. The third-order valence-corrected chi connectivity index (χ3v) is 10.5. The van der Waals surface area contributed by atoms with Crippen LogP contribution in [0.1, 0.15) is 36.8 Å². The Kier molecular flexibility index (Phi) is 7.51. The number of hydrogen-bond donors (Lipinski definition) is 2. The zero-order valence-corrected chi connectivity index (χ0v) is 25.5. The first kappa shape index (κ1) is 29.9. The molecule has 9 nitrogen and oxygen atoms in total. The molecule has 6 atom stereocenters. The summed E-state index contributed by atoms with van der Waals surface area (Å²) in [4.78, 5) is 59.2. The van der Waals surface area contributed by atoms with Crippen LogP contribution in [-0.4, -0.2) is 58.5 Å². The van der Waals surface area contributed by atoms with Crippen LogP contribution < -0.4 is 9.64 Å². The summed E-state index contributed by atoms with van der Waals surface area (Å²) in [6, 6.07) is 23.0. The van der Waals surface area contributed by atoms with Crippen LogP contribution >= 0.6 is 0 Å². The first-order chi connectivity index (χ1) is 22.2. The number of imide groups is 2. The lowest BCUT2D eigenvalue weighted by Crippen LogP contribution is -2.48. The number of likely N-dealkylation sites (tertiary alicyclic amines) is 1. The molecule has 1 saturated carbocycles. The monoisotopic (exact) mass is 620 g/mol. The number of phenols is 1. The predicted molar refractivity (Wildman–Crippen MR) is 169 cm³/mol. The standard InChI is InChI=1S/C37H36N2O7/c1-37-30(34(43)39(36(37)45)24-5-3-2-4-6-24)21-29-27(32(37)23-9-13-26(14-10-23)46-20-19-40)15-16-28-31(29)35(44)38(33(28)42)18-17-22-7-11-25(41)12-8-22/h2-15,28-32,40-41H,16-21H2,1H3. The fourth-order valence-corrected chi connectivity index (χ4v) is 8.33. The zero-order chi connectivity index (χ0) is 32.2. The molecule has 0 bridgehead atoms. The van der Waals surface area contributed by atoms with Crippen LogP contribution in [0.5, 0.6) is 11.5 Å². The lowest BCUT2D eigenvalue weighted by Gasteiger charge is -2.49. The van der Waals surface area contributed by atoms with Gasteiger partial charge in [-0.15, -0.1) is 0 Å². The van der Waals surface area contributed by atoms with Crippen LogP contribution in [0.15, 0.2) is 90.5 Å². The van der Waals surface area contributed by atoms with E-state index in [-0.39, 0.29) is 55.1 Å². The molecule has 4 aliphatic rings. The van der Waals surface area contributed by atoms with Gasteiger partial charge in [-0.3, -0.25) is 24.1 Å². The van der Waals surface area contributed by atoms with Crippen molar-refractivity contribution in [3.63, 3.8) is 0 Å². The number of ether oxygens (including phenoxy) is 1. The van der Waals surface area contributed by atoms with Crippen molar-refractivity contribution >= 4 is 29.3 Å². The first-order valence-corrected chi connectivity index (χ1v) is 15.8. The molecule has 4 amide bonds. The number of benzene rings is 3. The number of allylic oxidation sites excluding steroid dienone is 2. The maximum absolute atomic E-state index is 14.5. The van der Waals surface area contributed by atoms with Gasteiger partial charge in [-0.25, -0.2) is 4.90 Å². The molecule has 3 fully saturated rings. The van der Waals surface area contributed by atoms with Crippen molar-refractivity contribution in [2.75, 3.05) is 24.7 Å². The fraction of sp³-hybridized carbons (Fsp3) is 0.351. The Bertz CT molecular complexity index is 1720. The first-order valence-electron chi connectivity index (χ1n) is 15.8. The van der Waals surface area contributed by atoms with Gasteiger partial charge in [0.15, 0.2) is 0 Å². The molecular weight excluding hydrogens is 584 g/mol. The second-order valence-corrected chi connectivity index (χ2v) is 12.9. The average Bonchev–Trinajstić information content (AvgIpc) is 3.43. The number of amides is 4. The number of carbonyl (C=O) groups is 4. The van der Waals surface area contributed by atoms with Crippen molar-refractivity contribution in [3.8, 4) is 11.5 Å². The Hall–Kier alpha value is -4.76. The van der Waals surface area contributed by atoms with Gasteiger partial charge < -0.3 is 14.9 Å². The highest BCUT2D eigenvalue weighted by Gasteiger charge is 2.67. The summed E-state index contributed by atoms with van der Waals surface area (Å²) >= 11 is 0. The molecule has 2 heterocycles. The number of para-hydroxylation sites is 1. The lowest BCUT2D eigenvalue weighted by atomic mass is 9.51. The number of aliphatic hydroxyl groups is 1. The highest BCUT2D eigenvalue weighted by Crippen LogP contribution is 2.63. The van der Waals surface area contributed by atoms with Crippen molar-refractivity contribution in [1.82, 2.24) is 4.90 Å². The van der Waals surface area contributed by atoms with Crippen LogP contribution in [0.3, 0.4) is 0 Å². The number of anilines is 1. The van der Waals surface area contributed by atoms with E-state index in [9.17, 15) is 29.4 Å². The van der Waals surface area contributed by atoms with Crippen molar-refractivity contribution in [2.24, 2.45) is 29.1 Å². The van der Waals surface area contributed by atoms with E-state index >= 15 is 0 Å². The highest BCUT2D eigenvalue weighted by atomic mass is 16.5. The van der Waals surface area contributed by atoms with Crippen LogP contribution in [-0.2, 0) is 25.6 Å². The van der Waals surface area contributed by atoms with Crippen molar-refractivity contribution in [2.45, 2.75) is 32.1 Å². The number of aliphatic hydroxyl groups excluding tert-OH is 1. The van der Waals surface area contributed by atoms with Gasteiger partial charge in [0.25, 0.3) is 0 Å². The molecule has 0 spiro atoms. The van der Waals surface area contributed by atoms with E-state index in [2.05, 4.69) is 0 Å². The van der Waals surface area contributed by atoms with Crippen LogP contribution in [0.2, 0.25) is 0 Å². The van der Waals surface area contributed by atoms with Crippen molar-refractivity contribution in [1.29, 1.82) is 0 Å². The van der Waals surface area contributed by atoms with Gasteiger partial charge in [0, 0.05) is 12.5 Å². The number of nitrogens with zero attached hydrogens (tertiary/aromatic N) is 2. The lowest BCUT2D eigenvalue weighted by molar-refractivity contribution is -0.140. The summed E-state index contributed by atoms with van der Waals surface area (Å²) in [5, 5.41) is 18.8.